The van der Waals surface area contributed by atoms with Crippen LogP contribution in [0.4, 0.5) is 10.6 Å². The van der Waals surface area contributed by atoms with Gasteiger partial charge < -0.3 is 35.1 Å². The van der Waals surface area contributed by atoms with Gasteiger partial charge in [-0.05, 0) is 31.0 Å². The van der Waals surface area contributed by atoms with Crippen LogP contribution in [0.2, 0.25) is 0 Å². The molecule has 37 heavy (non-hydrogen) atoms. The maximum absolute atomic E-state index is 12.5. The van der Waals surface area contributed by atoms with Crippen molar-refractivity contribution in [1.29, 1.82) is 0 Å². The summed E-state index contributed by atoms with van der Waals surface area (Å²) in [4.78, 5) is 37.2. The fourth-order valence-electron chi connectivity index (χ4n) is 4.02. The molecule has 1 fully saturated rings. The summed E-state index contributed by atoms with van der Waals surface area (Å²) >= 11 is 0. The number of methoxy groups -OCH3 is 2. The largest absolute Gasteiger partial charge is 0.493 e. The molecule has 1 saturated heterocycles. The van der Waals surface area contributed by atoms with Gasteiger partial charge in [0.15, 0.2) is 40.8 Å². The molecule has 0 bridgehead atoms. The van der Waals surface area contributed by atoms with Gasteiger partial charge in [0.25, 0.3) is 5.91 Å². The molecule has 0 aliphatic carbocycles. The first kappa shape index (κ1) is 26.1. The molecule has 0 radical (unpaired) electrons. The number of benzene rings is 1. The number of aromatic nitrogens is 4. The Morgan fingerprint density at radius 2 is 1.86 bits per heavy atom. The van der Waals surface area contributed by atoms with Gasteiger partial charge in [-0.15, -0.1) is 0 Å². The van der Waals surface area contributed by atoms with Crippen LogP contribution in [-0.4, -0.2) is 87.3 Å². The summed E-state index contributed by atoms with van der Waals surface area (Å²) in [5, 5.41) is 28.8. The van der Waals surface area contributed by atoms with Gasteiger partial charge in [0.05, 0.1) is 20.5 Å². The highest BCUT2D eigenvalue weighted by atomic mass is 16.6. The number of fused-ring (bicyclic) bond motifs is 1. The Morgan fingerprint density at radius 1 is 1.08 bits per heavy atom. The summed E-state index contributed by atoms with van der Waals surface area (Å²) < 4.78 is 17.5. The molecule has 14 heteroatoms. The van der Waals surface area contributed by atoms with Crippen LogP contribution in [0, 0.1) is 0 Å². The molecule has 1 aliphatic rings. The number of likely N-dealkylation sites (N-methyl/N-ethyl adjacent to an activating group) is 1. The number of aliphatic hydroxyl groups excluding tert-OH is 2. The predicted molar refractivity (Wildman–Crippen MR) is 130 cm³/mol. The Kier molecular flexibility index (Phi) is 8.01. The number of carbonyl (C=O) groups is 2. The van der Waals surface area contributed by atoms with Crippen LogP contribution in [0.3, 0.4) is 0 Å². The summed E-state index contributed by atoms with van der Waals surface area (Å²) in [5.74, 6) is 0.821. The second-order valence-electron chi connectivity index (χ2n) is 8.19. The highest BCUT2D eigenvalue weighted by molar-refractivity contribution is 5.95. The standard InChI is InChI=1S/C23H29N7O7/c1-4-24-21(33)18-16(31)17(32)22(37-18)30-11-28-15-19(26-10-27-20(15)30)29-23(34)25-8-7-12-5-6-13(35-2)14(9-12)36-3/h5-6,9-11,16-18,22,31-32H,4,7-8H2,1-3H3,(H,24,33)(H2,25,26,27,29,34). The van der Waals surface area contributed by atoms with Crippen LogP contribution < -0.4 is 25.4 Å². The lowest BCUT2D eigenvalue weighted by atomic mass is 10.1. The zero-order chi connectivity index (χ0) is 26.5. The van der Waals surface area contributed by atoms with E-state index in [0.29, 0.717) is 31.0 Å². The van der Waals surface area contributed by atoms with Gasteiger partial charge in [0, 0.05) is 13.1 Å². The van der Waals surface area contributed by atoms with Gasteiger partial charge in [0.2, 0.25) is 0 Å². The zero-order valence-corrected chi connectivity index (χ0v) is 20.5. The number of imidazole rings is 1. The fraction of sp³-hybridized carbons (Fsp3) is 0.435. The quantitative estimate of drug-likeness (QED) is 0.259. The molecule has 2 aromatic heterocycles. The number of amides is 3. The van der Waals surface area contributed by atoms with Crippen LogP contribution in [0.5, 0.6) is 11.5 Å². The van der Waals surface area contributed by atoms with Crippen molar-refractivity contribution >= 4 is 28.9 Å². The van der Waals surface area contributed by atoms with Gasteiger partial charge in [0.1, 0.15) is 18.5 Å². The molecule has 198 valence electrons. The molecule has 0 saturated carbocycles. The van der Waals surface area contributed by atoms with Gasteiger partial charge in [-0.1, -0.05) is 6.07 Å². The number of nitrogens with zero attached hydrogens (tertiary/aromatic N) is 4. The summed E-state index contributed by atoms with van der Waals surface area (Å²) in [6.07, 6.45) is -2.12. The first-order valence-corrected chi connectivity index (χ1v) is 11.6. The van der Waals surface area contributed by atoms with Crippen molar-refractivity contribution < 1.29 is 34.0 Å². The average Bonchev–Trinajstić information content (AvgIpc) is 3.45. The third-order valence-corrected chi connectivity index (χ3v) is 5.86. The van der Waals surface area contributed by atoms with E-state index < -0.39 is 36.5 Å². The summed E-state index contributed by atoms with van der Waals surface area (Å²) in [7, 11) is 3.12. The van der Waals surface area contributed by atoms with Crippen molar-refractivity contribution in [3.63, 3.8) is 0 Å². The predicted octanol–water partition coefficient (Wildman–Crippen LogP) is -0.0370. The molecule has 0 spiro atoms. The van der Waals surface area contributed by atoms with E-state index in [0.717, 1.165) is 5.56 Å². The van der Waals surface area contributed by atoms with E-state index in [1.807, 2.05) is 12.1 Å². The van der Waals surface area contributed by atoms with E-state index in [9.17, 15) is 19.8 Å². The third-order valence-electron chi connectivity index (χ3n) is 5.86. The highest BCUT2D eigenvalue weighted by Crippen LogP contribution is 2.32. The molecular weight excluding hydrogens is 486 g/mol. The molecule has 4 rings (SSSR count). The van der Waals surface area contributed by atoms with Crippen LogP contribution in [0.1, 0.15) is 18.7 Å². The smallest absolute Gasteiger partial charge is 0.320 e. The van der Waals surface area contributed by atoms with E-state index in [1.165, 1.54) is 17.2 Å². The number of carbonyl (C=O) groups excluding carboxylic acids is 2. The van der Waals surface area contributed by atoms with E-state index in [2.05, 4.69) is 30.9 Å². The second-order valence-corrected chi connectivity index (χ2v) is 8.19. The molecule has 4 atom stereocenters. The van der Waals surface area contributed by atoms with Gasteiger partial charge >= 0.3 is 6.03 Å². The molecule has 5 N–H and O–H groups in total. The molecule has 14 nitrogen and oxygen atoms in total. The minimum atomic E-state index is -1.44. The number of aliphatic hydroxyl groups is 2. The molecule has 4 unspecified atom stereocenters. The number of ether oxygens (including phenoxy) is 3. The molecular formula is C23H29N7O7. The van der Waals surface area contributed by atoms with Gasteiger partial charge in [-0.25, -0.2) is 19.7 Å². The Morgan fingerprint density at radius 3 is 2.59 bits per heavy atom. The Labute approximate surface area is 212 Å². The Hall–Kier alpha value is -4.01. The summed E-state index contributed by atoms with van der Waals surface area (Å²) in [6.45, 7) is 2.42. The Bertz CT molecular complexity index is 1270. The molecule has 3 heterocycles. The fourth-order valence-corrected chi connectivity index (χ4v) is 4.02. The topological polar surface area (TPSA) is 182 Å². The van der Waals surface area contributed by atoms with Gasteiger partial charge in [-0.2, -0.15) is 0 Å². The van der Waals surface area contributed by atoms with Crippen molar-refractivity contribution in [3.8, 4) is 11.5 Å². The SMILES string of the molecule is CCNC(=O)C1OC(n2cnc3c(NC(=O)NCCc4ccc(OC)c(OC)c4)ncnc32)C(O)C1O. The maximum Gasteiger partial charge on any atom is 0.320 e. The van der Waals surface area contributed by atoms with Gasteiger partial charge in [-0.3, -0.25) is 14.7 Å². The van der Waals surface area contributed by atoms with Crippen LogP contribution in [0.25, 0.3) is 11.2 Å². The summed E-state index contributed by atoms with van der Waals surface area (Å²) in [5.41, 5.74) is 1.43. The zero-order valence-electron chi connectivity index (χ0n) is 20.5. The molecule has 1 aliphatic heterocycles. The number of hydrogen-bond acceptors (Lipinski definition) is 10. The normalized spacial score (nSPS) is 21.0. The number of anilines is 1. The van der Waals surface area contributed by atoms with Crippen LogP contribution >= 0.6 is 0 Å². The Balaban J connectivity index is 1.41. The first-order valence-electron chi connectivity index (χ1n) is 11.6. The lowest BCUT2D eigenvalue weighted by Gasteiger charge is -2.16. The number of rotatable bonds is 9. The van der Waals surface area contributed by atoms with Crippen LogP contribution in [-0.2, 0) is 16.0 Å². The van der Waals surface area contributed by atoms with E-state index in [1.54, 1.807) is 27.2 Å². The van der Waals surface area contributed by atoms with E-state index >= 15 is 0 Å². The van der Waals surface area contributed by atoms with Crippen molar-refractivity contribution in [1.82, 2.24) is 30.2 Å². The van der Waals surface area contributed by atoms with E-state index in [4.69, 9.17) is 14.2 Å². The lowest BCUT2D eigenvalue weighted by molar-refractivity contribution is -0.137. The minimum Gasteiger partial charge on any atom is -0.493 e. The monoisotopic (exact) mass is 515 g/mol. The number of hydrogen-bond donors (Lipinski definition) is 5. The van der Waals surface area contributed by atoms with Crippen molar-refractivity contribution in [3.05, 3.63) is 36.4 Å². The molecule has 1 aromatic carbocycles. The first-order chi connectivity index (χ1) is 17.9. The third kappa shape index (κ3) is 5.40. The minimum absolute atomic E-state index is 0.140. The molecule has 3 amide bonds. The summed E-state index contributed by atoms with van der Waals surface area (Å²) in [6, 6.07) is 5.02. The van der Waals surface area contributed by atoms with Crippen LogP contribution in [0.15, 0.2) is 30.9 Å². The van der Waals surface area contributed by atoms with Crippen molar-refractivity contribution in [2.24, 2.45) is 0 Å². The van der Waals surface area contributed by atoms with E-state index in [-0.39, 0.29) is 17.0 Å². The highest BCUT2D eigenvalue weighted by Gasteiger charge is 2.47. The van der Waals surface area contributed by atoms with Crippen molar-refractivity contribution in [2.75, 3.05) is 32.6 Å². The molecule has 3 aromatic rings. The number of urea groups is 1. The average molecular weight is 516 g/mol. The second kappa shape index (κ2) is 11.4. The lowest BCUT2D eigenvalue weighted by Crippen LogP contribution is -2.42. The van der Waals surface area contributed by atoms with Crippen molar-refractivity contribution in [2.45, 2.75) is 37.9 Å². The maximum atomic E-state index is 12.5. The number of nitrogens with one attached hydrogen (secondary N) is 3.